The maximum Gasteiger partial charge on any atom is 0.295 e. The fourth-order valence-electron chi connectivity index (χ4n) is 4.83. The van der Waals surface area contributed by atoms with Crippen LogP contribution in [0.15, 0.2) is 54.1 Å². The molecule has 0 spiro atoms. The van der Waals surface area contributed by atoms with E-state index in [2.05, 4.69) is 0 Å². The highest BCUT2D eigenvalue weighted by Gasteiger charge is 2.49. The van der Waals surface area contributed by atoms with Crippen LogP contribution in [0.1, 0.15) is 62.6 Å². The van der Waals surface area contributed by atoms with Gasteiger partial charge in [-0.3, -0.25) is 9.59 Å². The van der Waals surface area contributed by atoms with Crippen LogP contribution >= 0.6 is 0 Å². The molecule has 1 heterocycles. The topological polar surface area (TPSA) is 76.1 Å². The van der Waals surface area contributed by atoms with E-state index in [-0.39, 0.29) is 17.4 Å². The van der Waals surface area contributed by atoms with E-state index in [1.54, 1.807) is 30.2 Å². The summed E-state index contributed by atoms with van der Waals surface area (Å²) in [4.78, 5) is 28.3. The zero-order valence-electron chi connectivity index (χ0n) is 19.3. The number of nitrogens with zero attached hydrogens (tertiary/aromatic N) is 1. The first-order valence-corrected chi connectivity index (χ1v) is 11.7. The second-order valence-corrected chi connectivity index (χ2v) is 8.65. The number of Topliss-reactive ketones (excluding diaryl/α,β-unsaturated/α-hetero) is 1. The van der Waals surface area contributed by atoms with Gasteiger partial charge in [0.15, 0.2) is 0 Å². The van der Waals surface area contributed by atoms with Crippen LogP contribution < -0.4 is 9.47 Å². The standard InChI is InChI=1S/C27H31NO5/c1-3-15-33-22-14-8-10-19(17-22)25(29)23-24(18-9-7-13-21(16-18)32-2)28(27(31)26(23)30)20-11-5-4-6-12-20/h7-10,13-14,16-17,20,24,29H,3-6,11-12,15H2,1-2H3/b25-23-. The van der Waals surface area contributed by atoms with Crippen LogP contribution in [0, 0.1) is 0 Å². The van der Waals surface area contributed by atoms with E-state index in [0.29, 0.717) is 23.7 Å². The summed E-state index contributed by atoms with van der Waals surface area (Å²) >= 11 is 0. The summed E-state index contributed by atoms with van der Waals surface area (Å²) in [5.41, 5.74) is 1.32. The Morgan fingerprint density at radius 3 is 2.48 bits per heavy atom. The maximum atomic E-state index is 13.3. The summed E-state index contributed by atoms with van der Waals surface area (Å²) in [5, 5.41) is 11.3. The van der Waals surface area contributed by atoms with Crippen molar-refractivity contribution in [2.45, 2.75) is 57.5 Å². The van der Waals surface area contributed by atoms with Gasteiger partial charge in [-0.05, 0) is 49.1 Å². The zero-order valence-corrected chi connectivity index (χ0v) is 19.3. The number of rotatable bonds is 7. The Hall–Kier alpha value is -3.28. The molecule has 1 amide bonds. The largest absolute Gasteiger partial charge is 0.507 e. The van der Waals surface area contributed by atoms with Crippen molar-refractivity contribution in [1.82, 2.24) is 4.90 Å². The Labute approximate surface area is 194 Å². The van der Waals surface area contributed by atoms with Crippen LogP contribution in [-0.4, -0.2) is 41.5 Å². The van der Waals surface area contributed by atoms with Crippen molar-refractivity contribution in [3.8, 4) is 11.5 Å². The molecule has 1 unspecified atom stereocenters. The highest BCUT2D eigenvalue weighted by molar-refractivity contribution is 6.46. The van der Waals surface area contributed by atoms with E-state index in [0.717, 1.165) is 44.1 Å². The Morgan fingerprint density at radius 1 is 1.03 bits per heavy atom. The van der Waals surface area contributed by atoms with Gasteiger partial charge in [-0.15, -0.1) is 0 Å². The normalized spacial score (nSPS) is 20.8. The van der Waals surface area contributed by atoms with Gasteiger partial charge < -0.3 is 19.5 Å². The van der Waals surface area contributed by atoms with Gasteiger partial charge in [0, 0.05) is 11.6 Å². The van der Waals surface area contributed by atoms with E-state index < -0.39 is 17.7 Å². The smallest absolute Gasteiger partial charge is 0.295 e. The molecule has 1 aliphatic carbocycles. The first kappa shape index (κ1) is 22.9. The lowest BCUT2D eigenvalue weighted by molar-refractivity contribution is -0.141. The minimum atomic E-state index is -0.664. The molecule has 33 heavy (non-hydrogen) atoms. The third-order valence-electron chi connectivity index (χ3n) is 6.44. The summed E-state index contributed by atoms with van der Waals surface area (Å²) in [6, 6.07) is 13.7. The number of methoxy groups -OCH3 is 1. The Bertz CT molecular complexity index is 1050. The summed E-state index contributed by atoms with van der Waals surface area (Å²) in [7, 11) is 1.58. The molecular formula is C27H31NO5. The number of amides is 1. The first-order chi connectivity index (χ1) is 16.0. The van der Waals surface area contributed by atoms with Crippen molar-refractivity contribution in [3.63, 3.8) is 0 Å². The van der Waals surface area contributed by atoms with Gasteiger partial charge in [0.25, 0.3) is 11.7 Å². The molecule has 2 aliphatic rings. The van der Waals surface area contributed by atoms with Crippen molar-refractivity contribution < 1.29 is 24.2 Å². The number of hydrogen-bond donors (Lipinski definition) is 1. The predicted octanol–water partition coefficient (Wildman–Crippen LogP) is 5.24. The minimum Gasteiger partial charge on any atom is -0.507 e. The van der Waals surface area contributed by atoms with Crippen molar-refractivity contribution >= 4 is 17.4 Å². The third kappa shape index (κ3) is 4.61. The second kappa shape index (κ2) is 10.1. The molecule has 0 radical (unpaired) electrons. The number of hydrogen-bond acceptors (Lipinski definition) is 5. The fraction of sp³-hybridized carbons (Fsp3) is 0.407. The lowest BCUT2D eigenvalue weighted by Gasteiger charge is -2.35. The van der Waals surface area contributed by atoms with Gasteiger partial charge in [0.05, 0.1) is 25.3 Å². The zero-order chi connectivity index (χ0) is 23.4. The van der Waals surface area contributed by atoms with E-state index >= 15 is 0 Å². The predicted molar refractivity (Wildman–Crippen MR) is 126 cm³/mol. The molecule has 174 valence electrons. The van der Waals surface area contributed by atoms with Crippen molar-refractivity contribution in [2.75, 3.05) is 13.7 Å². The highest BCUT2D eigenvalue weighted by atomic mass is 16.5. The van der Waals surface area contributed by atoms with Crippen LogP contribution in [-0.2, 0) is 9.59 Å². The molecule has 0 aromatic heterocycles. The number of aliphatic hydroxyl groups is 1. The van der Waals surface area contributed by atoms with Gasteiger partial charge in [0.1, 0.15) is 17.3 Å². The van der Waals surface area contributed by atoms with Crippen molar-refractivity contribution in [2.24, 2.45) is 0 Å². The summed E-state index contributed by atoms with van der Waals surface area (Å²) in [5.74, 6) is -0.126. The van der Waals surface area contributed by atoms with Crippen LogP contribution in [0.2, 0.25) is 0 Å². The number of likely N-dealkylation sites (tertiary alicyclic amines) is 1. The molecule has 1 aliphatic heterocycles. The molecule has 1 N–H and O–H groups in total. The number of carbonyl (C=O) groups excluding carboxylic acids is 2. The molecule has 0 bridgehead atoms. The molecule has 6 heteroatoms. The van der Waals surface area contributed by atoms with Crippen LogP contribution in [0.5, 0.6) is 11.5 Å². The number of benzene rings is 2. The van der Waals surface area contributed by atoms with E-state index in [4.69, 9.17) is 9.47 Å². The lowest BCUT2D eigenvalue weighted by Crippen LogP contribution is -2.40. The van der Waals surface area contributed by atoms with Gasteiger partial charge in [-0.1, -0.05) is 50.5 Å². The molecule has 2 aromatic rings. The van der Waals surface area contributed by atoms with E-state index in [1.165, 1.54) is 0 Å². The van der Waals surface area contributed by atoms with Crippen molar-refractivity contribution in [3.05, 3.63) is 65.2 Å². The summed E-state index contributed by atoms with van der Waals surface area (Å²) < 4.78 is 11.1. The quantitative estimate of drug-likeness (QED) is 0.355. The monoisotopic (exact) mass is 449 g/mol. The number of carbonyl (C=O) groups is 2. The highest BCUT2D eigenvalue weighted by Crippen LogP contribution is 2.43. The maximum absolute atomic E-state index is 13.3. The van der Waals surface area contributed by atoms with Crippen LogP contribution in [0.3, 0.4) is 0 Å². The van der Waals surface area contributed by atoms with E-state index in [1.807, 2.05) is 37.3 Å². The number of aliphatic hydroxyl groups excluding tert-OH is 1. The van der Waals surface area contributed by atoms with E-state index in [9.17, 15) is 14.7 Å². The number of ether oxygens (including phenoxy) is 2. The SMILES string of the molecule is CCCOc1cccc(/C(O)=C2/C(=O)C(=O)N(C3CCCCC3)C2c2cccc(OC)c2)c1. The molecule has 1 saturated heterocycles. The van der Waals surface area contributed by atoms with Crippen LogP contribution in [0.25, 0.3) is 5.76 Å². The van der Waals surface area contributed by atoms with Gasteiger partial charge in [-0.25, -0.2) is 0 Å². The lowest BCUT2D eigenvalue weighted by atomic mass is 9.91. The first-order valence-electron chi connectivity index (χ1n) is 11.7. The molecule has 2 fully saturated rings. The molecule has 1 atom stereocenters. The Balaban J connectivity index is 1.83. The molecular weight excluding hydrogens is 418 g/mol. The number of ketones is 1. The Kier molecular flexibility index (Phi) is 7.02. The molecule has 4 rings (SSSR count). The second-order valence-electron chi connectivity index (χ2n) is 8.65. The summed E-state index contributed by atoms with van der Waals surface area (Å²) in [6.45, 7) is 2.57. The molecule has 2 aromatic carbocycles. The van der Waals surface area contributed by atoms with Crippen LogP contribution in [0.4, 0.5) is 0 Å². The Morgan fingerprint density at radius 2 is 1.76 bits per heavy atom. The van der Waals surface area contributed by atoms with Gasteiger partial charge in [0.2, 0.25) is 0 Å². The van der Waals surface area contributed by atoms with Crippen molar-refractivity contribution in [1.29, 1.82) is 0 Å². The fourth-order valence-corrected chi connectivity index (χ4v) is 4.83. The molecule has 6 nitrogen and oxygen atoms in total. The van der Waals surface area contributed by atoms with Gasteiger partial charge in [-0.2, -0.15) is 0 Å². The minimum absolute atomic E-state index is 0.0316. The third-order valence-corrected chi connectivity index (χ3v) is 6.44. The average molecular weight is 450 g/mol. The van der Waals surface area contributed by atoms with Gasteiger partial charge >= 0.3 is 0 Å². The average Bonchev–Trinajstić information content (AvgIpc) is 3.13. The summed E-state index contributed by atoms with van der Waals surface area (Å²) in [6.07, 6.45) is 5.75. The molecule has 1 saturated carbocycles.